The highest BCUT2D eigenvalue weighted by molar-refractivity contribution is 7.99. The lowest BCUT2D eigenvalue weighted by Crippen LogP contribution is -2.50. The molecular formula is C24H32N4O3S. The third kappa shape index (κ3) is 4.56. The molecule has 2 amide bonds. The van der Waals surface area contributed by atoms with Crippen molar-refractivity contribution in [3.8, 4) is 0 Å². The Bertz CT molecular complexity index is 1060. The summed E-state index contributed by atoms with van der Waals surface area (Å²) < 4.78 is 1.87. The second kappa shape index (κ2) is 9.65. The first-order valence-corrected chi connectivity index (χ1v) is 12.5. The fourth-order valence-electron chi connectivity index (χ4n) is 4.93. The zero-order valence-electron chi connectivity index (χ0n) is 19.1. The smallest absolute Gasteiger partial charge is 0.262 e. The van der Waals surface area contributed by atoms with Crippen LogP contribution in [0.2, 0.25) is 0 Å². The quantitative estimate of drug-likeness (QED) is 0.522. The summed E-state index contributed by atoms with van der Waals surface area (Å²) >= 11 is 1.36. The fraction of sp³-hybridized carbons (Fsp3) is 0.583. The number of carbonyl (C=O) groups excluding carboxylic acids is 2. The maximum Gasteiger partial charge on any atom is 0.262 e. The summed E-state index contributed by atoms with van der Waals surface area (Å²) in [6.07, 6.45) is 3.24. The third-order valence-corrected chi connectivity index (χ3v) is 8.11. The van der Waals surface area contributed by atoms with Gasteiger partial charge in [-0.1, -0.05) is 50.6 Å². The zero-order valence-corrected chi connectivity index (χ0v) is 19.9. The van der Waals surface area contributed by atoms with E-state index in [4.69, 9.17) is 4.98 Å². The fourth-order valence-corrected chi connectivity index (χ4v) is 5.88. The number of hydrogen-bond acceptors (Lipinski definition) is 5. The molecular weight excluding hydrogens is 424 g/mol. The molecule has 4 rings (SSSR count). The van der Waals surface area contributed by atoms with E-state index >= 15 is 0 Å². The Balaban J connectivity index is 1.58. The predicted molar refractivity (Wildman–Crippen MR) is 127 cm³/mol. The lowest BCUT2D eigenvalue weighted by Gasteiger charge is -2.36. The summed E-state index contributed by atoms with van der Waals surface area (Å²) in [6.45, 7) is 8.29. The van der Waals surface area contributed by atoms with Crippen molar-refractivity contribution in [3.05, 3.63) is 34.6 Å². The minimum atomic E-state index is -0.00780. The van der Waals surface area contributed by atoms with Gasteiger partial charge in [0.1, 0.15) is 0 Å². The van der Waals surface area contributed by atoms with Crippen LogP contribution in [-0.4, -0.2) is 63.1 Å². The molecule has 1 saturated heterocycles. The number of piperazine rings is 1. The molecule has 0 spiro atoms. The number of aromatic nitrogens is 2. The number of amides is 2. The molecule has 0 bridgehead atoms. The van der Waals surface area contributed by atoms with Crippen LogP contribution in [0.5, 0.6) is 0 Å². The van der Waals surface area contributed by atoms with Crippen molar-refractivity contribution in [2.45, 2.75) is 51.2 Å². The first kappa shape index (κ1) is 22.8. The lowest BCUT2D eigenvalue weighted by atomic mass is 9.78. The molecule has 3 unspecified atom stereocenters. The van der Waals surface area contributed by atoms with Gasteiger partial charge in [-0.05, 0) is 30.4 Å². The SMILES string of the molecule is CC(=O)N1CCN(C(=O)CSc2nc3ccccc3c(=O)n2C2CCCC(C)C2C)CC1. The van der Waals surface area contributed by atoms with E-state index in [0.717, 1.165) is 12.8 Å². The van der Waals surface area contributed by atoms with Gasteiger partial charge in [0.15, 0.2) is 5.16 Å². The molecule has 1 aliphatic carbocycles. The van der Waals surface area contributed by atoms with Crippen molar-refractivity contribution in [1.29, 1.82) is 0 Å². The Morgan fingerprint density at radius 1 is 1.06 bits per heavy atom. The first-order chi connectivity index (χ1) is 15.4. The Hall–Kier alpha value is -2.35. The van der Waals surface area contributed by atoms with Gasteiger partial charge in [0, 0.05) is 39.1 Å². The largest absolute Gasteiger partial charge is 0.339 e. The van der Waals surface area contributed by atoms with E-state index in [-0.39, 0.29) is 29.2 Å². The highest BCUT2D eigenvalue weighted by atomic mass is 32.2. The molecule has 1 aromatic heterocycles. The van der Waals surface area contributed by atoms with Crippen LogP contribution < -0.4 is 5.56 Å². The minimum absolute atomic E-state index is 0.00780. The molecule has 0 N–H and O–H groups in total. The van der Waals surface area contributed by atoms with Crippen LogP contribution in [-0.2, 0) is 9.59 Å². The van der Waals surface area contributed by atoms with E-state index in [0.29, 0.717) is 54.1 Å². The van der Waals surface area contributed by atoms with E-state index in [1.165, 1.54) is 18.2 Å². The average molecular weight is 457 g/mol. The van der Waals surface area contributed by atoms with Gasteiger partial charge in [-0.2, -0.15) is 0 Å². The molecule has 2 aromatic rings. The van der Waals surface area contributed by atoms with E-state index < -0.39 is 0 Å². The van der Waals surface area contributed by atoms with Crippen LogP contribution in [0.1, 0.15) is 46.1 Å². The maximum absolute atomic E-state index is 13.5. The Morgan fingerprint density at radius 2 is 1.75 bits per heavy atom. The molecule has 2 fully saturated rings. The van der Waals surface area contributed by atoms with Crippen molar-refractivity contribution in [1.82, 2.24) is 19.4 Å². The summed E-state index contributed by atoms with van der Waals surface area (Å²) in [5, 5.41) is 1.27. The number of hydrogen-bond donors (Lipinski definition) is 0. The van der Waals surface area contributed by atoms with Crippen LogP contribution >= 0.6 is 11.8 Å². The standard InChI is InChI=1S/C24H32N4O3S/c1-16-7-6-10-21(17(16)2)28-23(31)19-8-4-5-9-20(19)25-24(28)32-15-22(30)27-13-11-26(12-14-27)18(3)29/h4-5,8-9,16-17,21H,6-7,10-15H2,1-3H3. The van der Waals surface area contributed by atoms with Crippen LogP contribution in [0.3, 0.4) is 0 Å². The average Bonchev–Trinajstić information content (AvgIpc) is 2.80. The summed E-state index contributed by atoms with van der Waals surface area (Å²) in [7, 11) is 0. The van der Waals surface area contributed by atoms with Crippen molar-refractivity contribution in [2.75, 3.05) is 31.9 Å². The van der Waals surface area contributed by atoms with E-state index in [1.54, 1.807) is 16.7 Å². The van der Waals surface area contributed by atoms with Crippen LogP contribution in [0, 0.1) is 11.8 Å². The molecule has 2 aliphatic rings. The summed E-state index contributed by atoms with van der Waals surface area (Å²) in [5.74, 6) is 1.23. The van der Waals surface area contributed by atoms with Crippen molar-refractivity contribution in [3.63, 3.8) is 0 Å². The third-order valence-electron chi connectivity index (χ3n) is 7.17. The Labute approximate surface area is 193 Å². The summed E-state index contributed by atoms with van der Waals surface area (Å²) in [4.78, 5) is 46.4. The molecule has 2 heterocycles. The molecule has 1 aromatic carbocycles. The predicted octanol–water partition coefficient (Wildman–Crippen LogP) is 3.18. The number of benzene rings is 1. The number of carbonyl (C=O) groups is 2. The second-order valence-corrected chi connectivity index (χ2v) is 10.0. The molecule has 172 valence electrons. The van der Waals surface area contributed by atoms with Crippen LogP contribution in [0.25, 0.3) is 10.9 Å². The second-order valence-electron chi connectivity index (χ2n) is 9.10. The summed E-state index contributed by atoms with van der Waals surface area (Å²) in [5.41, 5.74) is 0.668. The number of rotatable bonds is 4. The molecule has 3 atom stereocenters. The molecule has 8 heteroatoms. The van der Waals surface area contributed by atoms with E-state index in [9.17, 15) is 14.4 Å². The number of thioether (sulfide) groups is 1. The van der Waals surface area contributed by atoms with Crippen molar-refractivity contribution >= 4 is 34.5 Å². The normalized spacial score (nSPS) is 24.0. The van der Waals surface area contributed by atoms with Gasteiger partial charge < -0.3 is 9.80 Å². The lowest BCUT2D eigenvalue weighted by molar-refractivity contribution is -0.136. The summed E-state index contributed by atoms with van der Waals surface area (Å²) in [6, 6.07) is 7.56. The molecule has 32 heavy (non-hydrogen) atoms. The van der Waals surface area contributed by atoms with Crippen molar-refractivity contribution in [2.24, 2.45) is 11.8 Å². The zero-order chi connectivity index (χ0) is 22.8. The highest BCUT2D eigenvalue weighted by Gasteiger charge is 2.32. The van der Waals surface area contributed by atoms with Gasteiger partial charge in [0.2, 0.25) is 11.8 Å². The minimum Gasteiger partial charge on any atom is -0.339 e. The Kier molecular flexibility index (Phi) is 6.88. The molecule has 1 aliphatic heterocycles. The van der Waals surface area contributed by atoms with Gasteiger partial charge >= 0.3 is 0 Å². The van der Waals surface area contributed by atoms with Crippen molar-refractivity contribution < 1.29 is 9.59 Å². The maximum atomic E-state index is 13.5. The van der Waals surface area contributed by atoms with Crippen LogP contribution in [0.15, 0.2) is 34.2 Å². The van der Waals surface area contributed by atoms with E-state index in [1.807, 2.05) is 28.8 Å². The Morgan fingerprint density at radius 3 is 2.47 bits per heavy atom. The molecule has 7 nitrogen and oxygen atoms in total. The monoisotopic (exact) mass is 456 g/mol. The van der Waals surface area contributed by atoms with Gasteiger partial charge in [0.05, 0.1) is 16.7 Å². The number of nitrogens with zero attached hydrogens (tertiary/aromatic N) is 4. The first-order valence-electron chi connectivity index (χ1n) is 11.5. The van der Waals surface area contributed by atoms with Gasteiger partial charge in [0.25, 0.3) is 5.56 Å². The number of fused-ring (bicyclic) bond motifs is 1. The van der Waals surface area contributed by atoms with Crippen LogP contribution in [0.4, 0.5) is 0 Å². The molecule has 1 saturated carbocycles. The van der Waals surface area contributed by atoms with Gasteiger partial charge in [-0.3, -0.25) is 19.0 Å². The number of para-hydroxylation sites is 1. The topological polar surface area (TPSA) is 75.5 Å². The molecule has 0 radical (unpaired) electrons. The van der Waals surface area contributed by atoms with Gasteiger partial charge in [-0.25, -0.2) is 4.98 Å². The van der Waals surface area contributed by atoms with Gasteiger partial charge in [-0.15, -0.1) is 0 Å². The van der Waals surface area contributed by atoms with E-state index in [2.05, 4.69) is 13.8 Å². The highest BCUT2D eigenvalue weighted by Crippen LogP contribution is 2.38.